The van der Waals surface area contributed by atoms with Gasteiger partial charge in [0.15, 0.2) is 0 Å². The molecule has 2 aliphatic rings. The van der Waals surface area contributed by atoms with Gasteiger partial charge in [0.25, 0.3) is 0 Å². The van der Waals surface area contributed by atoms with Crippen LogP contribution in [0.1, 0.15) is 55.1 Å². The summed E-state index contributed by atoms with van der Waals surface area (Å²) in [5.41, 5.74) is 6.83. The third kappa shape index (κ3) is 0.958. The molecule has 2 heterocycles. The molecule has 0 aromatic carbocycles. The molecule has 0 N–H and O–H groups in total. The van der Waals surface area contributed by atoms with E-state index in [1.54, 1.807) is 22.5 Å². The SMILES string of the molecule is CC(C)c1c2c(n3c1CCC3)CCC2. The minimum Gasteiger partial charge on any atom is -0.348 e. The van der Waals surface area contributed by atoms with E-state index in [1.807, 2.05) is 0 Å². The lowest BCUT2D eigenvalue weighted by Crippen LogP contribution is -1.98. The maximum absolute atomic E-state index is 2.64. The van der Waals surface area contributed by atoms with Crippen molar-refractivity contribution < 1.29 is 0 Å². The van der Waals surface area contributed by atoms with E-state index in [0.717, 1.165) is 5.92 Å². The summed E-state index contributed by atoms with van der Waals surface area (Å²) in [7, 11) is 0. The second-order valence-corrected chi connectivity index (χ2v) is 5.05. The number of nitrogens with zero attached hydrogens (tertiary/aromatic N) is 1. The molecule has 1 aliphatic carbocycles. The van der Waals surface area contributed by atoms with Crippen molar-refractivity contribution in [2.75, 3.05) is 0 Å². The van der Waals surface area contributed by atoms with Gasteiger partial charge in [-0.15, -0.1) is 0 Å². The van der Waals surface area contributed by atoms with Crippen LogP contribution >= 0.6 is 0 Å². The zero-order chi connectivity index (χ0) is 9.71. The van der Waals surface area contributed by atoms with Crippen LogP contribution in [0, 0.1) is 0 Å². The molecule has 0 atom stereocenters. The molecule has 0 saturated carbocycles. The molecule has 0 saturated heterocycles. The van der Waals surface area contributed by atoms with E-state index in [2.05, 4.69) is 18.4 Å². The van der Waals surface area contributed by atoms with Gasteiger partial charge in [-0.2, -0.15) is 0 Å². The van der Waals surface area contributed by atoms with E-state index >= 15 is 0 Å². The maximum Gasteiger partial charge on any atom is 0.0228 e. The Hall–Kier alpha value is -0.720. The predicted octanol–water partition coefficient (Wildman–Crippen LogP) is 3.05. The van der Waals surface area contributed by atoms with Crippen molar-refractivity contribution in [1.82, 2.24) is 4.57 Å². The number of fused-ring (bicyclic) bond motifs is 3. The average Bonchev–Trinajstić information content (AvgIpc) is 2.70. The molecule has 1 aliphatic heterocycles. The summed E-state index contributed by atoms with van der Waals surface area (Å²) < 4.78 is 2.64. The Morgan fingerprint density at radius 1 is 1.00 bits per heavy atom. The van der Waals surface area contributed by atoms with E-state index < -0.39 is 0 Å². The first-order chi connectivity index (χ1) is 6.79. The van der Waals surface area contributed by atoms with Crippen molar-refractivity contribution in [3.8, 4) is 0 Å². The number of aromatic nitrogens is 1. The molecule has 1 heteroatoms. The molecule has 0 amide bonds. The molecule has 0 bridgehead atoms. The molecule has 0 radical (unpaired) electrons. The van der Waals surface area contributed by atoms with Gasteiger partial charge in [-0.1, -0.05) is 13.8 Å². The lowest BCUT2D eigenvalue weighted by Gasteiger charge is -2.08. The van der Waals surface area contributed by atoms with Gasteiger partial charge < -0.3 is 4.57 Å². The van der Waals surface area contributed by atoms with Gasteiger partial charge in [0.1, 0.15) is 0 Å². The minimum atomic E-state index is 0.733. The third-order valence-electron chi connectivity index (χ3n) is 3.85. The van der Waals surface area contributed by atoms with Gasteiger partial charge in [-0.25, -0.2) is 0 Å². The van der Waals surface area contributed by atoms with E-state index in [4.69, 9.17) is 0 Å². The van der Waals surface area contributed by atoms with Crippen molar-refractivity contribution in [3.05, 3.63) is 22.5 Å². The smallest absolute Gasteiger partial charge is 0.0228 e. The fourth-order valence-electron chi connectivity index (χ4n) is 3.42. The van der Waals surface area contributed by atoms with E-state index in [9.17, 15) is 0 Å². The van der Waals surface area contributed by atoms with Crippen LogP contribution < -0.4 is 0 Å². The summed E-state index contributed by atoms with van der Waals surface area (Å²) in [6.45, 7) is 6.00. The van der Waals surface area contributed by atoms with Gasteiger partial charge >= 0.3 is 0 Å². The van der Waals surface area contributed by atoms with Gasteiger partial charge in [0, 0.05) is 17.9 Å². The molecule has 0 spiro atoms. The zero-order valence-corrected chi connectivity index (χ0v) is 9.27. The molecule has 1 aromatic rings. The van der Waals surface area contributed by atoms with Gasteiger partial charge in [0.05, 0.1) is 0 Å². The maximum atomic E-state index is 2.64. The van der Waals surface area contributed by atoms with Gasteiger partial charge in [-0.05, 0) is 49.1 Å². The van der Waals surface area contributed by atoms with Crippen LogP contribution in [0.4, 0.5) is 0 Å². The predicted molar refractivity (Wildman–Crippen MR) is 58.9 cm³/mol. The summed E-state index contributed by atoms with van der Waals surface area (Å²) in [6.07, 6.45) is 6.80. The standard InChI is InChI=1S/C13H19N/c1-9(2)13-10-5-3-6-11(10)14-8-4-7-12(13)14/h9H,3-8H2,1-2H3. The van der Waals surface area contributed by atoms with Crippen molar-refractivity contribution in [3.63, 3.8) is 0 Å². The fourth-order valence-corrected chi connectivity index (χ4v) is 3.42. The van der Waals surface area contributed by atoms with Crippen LogP contribution in [0.2, 0.25) is 0 Å². The Balaban J connectivity index is 2.22. The van der Waals surface area contributed by atoms with Crippen LogP contribution in [0.5, 0.6) is 0 Å². The Labute approximate surface area is 86.1 Å². The highest BCUT2D eigenvalue weighted by molar-refractivity contribution is 5.44. The Morgan fingerprint density at radius 3 is 2.57 bits per heavy atom. The normalized spacial score (nSPS) is 19.1. The number of hydrogen-bond donors (Lipinski definition) is 0. The summed E-state index contributed by atoms with van der Waals surface area (Å²) in [5.74, 6) is 0.733. The Kier molecular flexibility index (Phi) is 1.77. The number of hydrogen-bond acceptors (Lipinski definition) is 0. The summed E-state index contributed by atoms with van der Waals surface area (Å²) >= 11 is 0. The summed E-state index contributed by atoms with van der Waals surface area (Å²) in [6, 6.07) is 0. The van der Waals surface area contributed by atoms with E-state index in [1.165, 1.54) is 38.6 Å². The average molecular weight is 189 g/mol. The Morgan fingerprint density at radius 2 is 1.79 bits per heavy atom. The van der Waals surface area contributed by atoms with Gasteiger partial charge in [0.2, 0.25) is 0 Å². The minimum absolute atomic E-state index is 0.733. The lowest BCUT2D eigenvalue weighted by atomic mass is 9.96. The number of rotatable bonds is 1. The van der Waals surface area contributed by atoms with E-state index in [-0.39, 0.29) is 0 Å². The monoisotopic (exact) mass is 189 g/mol. The van der Waals surface area contributed by atoms with Crippen molar-refractivity contribution in [2.24, 2.45) is 0 Å². The lowest BCUT2D eigenvalue weighted by molar-refractivity contribution is 0.706. The second kappa shape index (κ2) is 2.88. The highest BCUT2D eigenvalue weighted by Gasteiger charge is 2.28. The highest BCUT2D eigenvalue weighted by atomic mass is 15.0. The molecular weight excluding hydrogens is 170 g/mol. The topological polar surface area (TPSA) is 4.93 Å². The van der Waals surface area contributed by atoms with Crippen LogP contribution in [0.15, 0.2) is 0 Å². The molecule has 0 unspecified atom stereocenters. The van der Waals surface area contributed by atoms with Crippen LogP contribution in [-0.4, -0.2) is 4.57 Å². The molecule has 1 aromatic heterocycles. The van der Waals surface area contributed by atoms with Crippen molar-refractivity contribution in [2.45, 2.75) is 58.4 Å². The van der Waals surface area contributed by atoms with Crippen LogP contribution in [0.25, 0.3) is 0 Å². The second-order valence-electron chi connectivity index (χ2n) is 5.05. The molecule has 0 fully saturated rings. The largest absolute Gasteiger partial charge is 0.348 e. The summed E-state index contributed by atoms with van der Waals surface area (Å²) in [4.78, 5) is 0. The first-order valence-electron chi connectivity index (χ1n) is 6.02. The Bertz CT molecular complexity index is 340. The van der Waals surface area contributed by atoms with Gasteiger partial charge in [-0.3, -0.25) is 0 Å². The highest BCUT2D eigenvalue weighted by Crippen LogP contribution is 2.38. The van der Waals surface area contributed by atoms with Crippen LogP contribution in [0.3, 0.4) is 0 Å². The first kappa shape index (κ1) is 8.58. The summed E-state index contributed by atoms with van der Waals surface area (Å²) in [5, 5.41) is 0. The first-order valence-corrected chi connectivity index (χ1v) is 6.02. The zero-order valence-electron chi connectivity index (χ0n) is 9.27. The third-order valence-corrected chi connectivity index (χ3v) is 3.85. The molecule has 1 nitrogen and oxygen atoms in total. The molecule has 3 rings (SSSR count). The van der Waals surface area contributed by atoms with Crippen molar-refractivity contribution >= 4 is 0 Å². The quantitative estimate of drug-likeness (QED) is 0.640. The van der Waals surface area contributed by atoms with E-state index in [0.29, 0.717) is 0 Å². The molecular formula is C13H19N. The molecule has 14 heavy (non-hydrogen) atoms. The van der Waals surface area contributed by atoms with Crippen molar-refractivity contribution in [1.29, 1.82) is 0 Å². The van der Waals surface area contributed by atoms with Crippen LogP contribution in [-0.2, 0) is 25.8 Å². The fraction of sp³-hybridized carbons (Fsp3) is 0.692. The molecule has 76 valence electrons.